The number of hydrogen-bond donors (Lipinski definition) is 1. The topological polar surface area (TPSA) is 42.0 Å². The predicted molar refractivity (Wildman–Crippen MR) is 70.4 cm³/mol. The van der Waals surface area contributed by atoms with Crippen LogP contribution >= 0.6 is 11.6 Å². The molecule has 0 aromatic carbocycles. The largest absolute Gasteiger partial charge is 0.352 e. The first-order valence-corrected chi connectivity index (χ1v) is 6.47. The molecule has 1 unspecified atom stereocenters. The summed E-state index contributed by atoms with van der Waals surface area (Å²) in [5, 5.41) is 2.94. The summed E-state index contributed by atoms with van der Waals surface area (Å²) in [5.41, 5.74) is 1.52. The number of rotatable bonds is 6. The van der Waals surface area contributed by atoms with Crippen LogP contribution in [0, 0.1) is 12.8 Å². The van der Waals surface area contributed by atoms with Crippen LogP contribution in [0.5, 0.6) is 0 Å². The molecule has 0 bridgehead atoms. The molecule has 94 valence electrons. The molecule has 0 spiro atoms. The Hall–Kier alpha value is -1.09. The molecule has 1 rings (SSSR count). The number of amides is 1. The van der Waals surface area contributed by atoms with Crippen LogP contribution in [-0.2, 0) is 0 Å². The molecule has 1 N–H and O–H groups in total. The Balaban J connectivity index is 2.49. The average Bonchev–Trinajstić information content (AvgIpc) is 2.34. The van der Waals surface area contributed by atoms with E-state index < -0.39 is 0 Å². The maximum Gasteiger partial charge on any atom is 0.251 e. The Labute approximate surface area is 108 Å². The quantitative estimate of drug-likeness (QED) is 0.794. The van der Waals surface area contributed by atoms with Crippen LogP contribution in [0.1, 0.15) is 35.8 Å². The molecule has 0 saturated heterocycles. The van der Waals surface area contributed by atoms with Gasteiger partial charge in [0.2, 0.25) is 0 Å². The van der Waals surface area contributed by atoms with Crippen molar-refractivity contribution in [2.24, 2.45) is 5.92 Å². The summed E-state index contributed by atoms with van der Waals surface area (Å²) in [4.78, 5) is 15.9. The first kappa shape index (κ1) is 14.0. The fraction of sp³-hybridized carbons (Fsp3) is 0.538. The van der Waals surface area contributed by atoms with Gasteiger partial charge in [0.1, 0.15) is 0 Å². The van der Waals surface area contributed by atoms with Crippen molar-refractivity contribution in [2.75, 3.05) is 12.4 Å². The second-order valence-electron chi connectivity index (χ2n) is 4.15. The van der Waals surface area contributed by atoms with Crippen LogP contribution in [0.3, 0.4) is 0 Å². The van der Waals surface area contributed by atoms with Crippen LogP contribution in [0.2, 0.25) is 0 Å². The Morgan fingerprint density at radius 2 is 2.35 bits per heavy atom. The van der Waals surface area contributed by atoms with Crippen molar-refractivity contribution >= 4 is 17.5 Å². The molecule has 17 heavy (non-hydrogen) atoms. The van der Waals surface area contributed by atoms with E-state index in [2.05, 4.69) is 17.2 Å². The van der Waals surface area contributed by atoms with Crippen LogP contribution in [0.4, 0.5) is 0 Å². The zero-order chi connectivity index (χ0) is 12.7. The van der Waals surface area contributed by atoms with Gasteiger partial charge >= 0.3 is 0 Å². The third kappa shape index (κ3) is 4.73. The predicted octanol–water partition coefficient (Wildman–Crippen LogP) is 2.77. The summed E-state index contributed by atoms with van der Waals surface area (Å²) in [7, 11) is 0. The minimum absolute atomic E-state index is 0.0384. The number of pyridine rings is 1. The normalized spacial score (nSPS) is 12.2. The lowest BCUT2D eigenvalue weighted by atomic mass is 10.0. The molecule has 0 saturated carbocycles. The van der Waals surface area contributed by atoms with Gasteiger partial charge < -0.3 is 5.32 Å². The van der Waals surface area contributed by atoms with Crippen molar-refractivity contribution < 1.29 is 4.79 Å². The smallest absolute Gasteiger partial charge is 0.251 e. The summed E-state index contributed by atoms with van der Waals surface area (Å²) in [6.45, 7) is 4.67. The minimum atomic E-state index is -0.0384. The molecule has 3 nitrogen and oxygen atoms in total. The molecular formula is C13H19ClN2O. The monoisotopic (exact) mass is 254 g/mol. The number of aromatic nitrogens is 1. The molecule has 0 fully saturated rings. The lowest BCUT2D eigenvalue weighted by Gasteiger charge is -2.14. The minimum Gasteiger partial charge on any atom is -0.352 e. The molecule has 1 amide bonds. The van der Waals surface area contributed by atoms with Crippen LogP contribution < -0.4 is 5.32 Å². The number of carbonyl (C=O) groups excluding carboxylic acids is 1. The molecule has 0 radical (unpaired) electrons. The molecule has 1 atom stereocenters. The van der Waals surface area contributed by atoms with Gasteiger partial charge in [-0.15, -0.1) is 11.6 Å². The van der Waals surface area contributed by atoms with E-state index in [1.54, 1.807) is 18.3 Å². The molecule has 1 aromatic rings. The van der Waals surface area contributed by atoms with Crippen molar-refractivity contribution in [3.05, 3.63) is 29.6 Å². The van der Waals surface area contributed by atoms with Crippen LogP contribution in [0.25, 0.3) is 0 Å². The molecule has 0 aliphatic heterocycles. The van der Waals surface area contributed by atoms with Crippen LogP contribution in [-0.4, -0.2) is 23.3 Å². The van der Waals surface area contributed by atoms with E-state index in [1.807, 2.05) is 6.92 Å². The fourth-order valence-electron chi connectivity index (χ4n) is 1.63. The van der Waals surface area contributed by atoms with Crippen LogP contribution in [0.15, 0.2) is 18.3 Å². The van der Waals surface area contributed by atoms with E-state index >= 15 is 0 Å². The van der Waals surface area contributed by atoms with E-state index in [1.165, 1.54) is 0 Å². The second kappa shape index (κ2) is 7.28. The van der Waals surface area contributed by atoms with Gasteiger partial charge in [-0.25, -0.2) is 0 Å². The molecule has 0 aliphatic rings. The fourth-order valence-corrected chi connectivity index (χ4v) is 1.94. The Bertz CT molecular complexity index is 368. The standard InChI is InChI=1S/C13H19ClN2O/c1-3-11(4-6-14)9-16-13(17)12-5-7-15-10(2)8-12/h5,7-8,11H,3-4,6,9H2,1-2H3,(H,16,17). The van der Waals surface area contributed by atoms with Crippen molar-refractivity contribution in [1.82, 2.24) is 10.3 Å². The van der Waals surface area contributed by atoms with Gasteiger partial charge in [-0.3, -0.25) is 9.78 Å². The van der Waals surface area contributed by atoms with Crippen molar-refractivity contribution in [3.63, 3.8) is 0 Å². The van der Waals surface area contributed by atoms with E-state index in [0.717, 1.165) is 18.5 Å². The van der Waals surface area contributed by atoms with Crippen molar-refractivity contribution in [3.8, 4) is 0 Å². The zero-order valence-corrected chi connectivity index (χ0v) is 11.1. The maximum atomic E-state index is 11.8. The van der Waals surface area contributed by atoms with E-state index in [9.17, 15) is 4.79 Å². The summed E-state index contributed by atoms with van der Waals surface area (Å²) >= 11 is 5.71. The number of hydrogen-bond acceptors (Lipinski definition) is 2. The third-order valence-electron chi connectivity index (χ3n) is 2.80. The highest BCUT2D eigenvalue weighted by Gasteiger charge is 2.09. The van der Waals surface area contributed by atoms with Gasteiger partial charge in [0, 0.05) is 29.9 Å². The highest BCUT2D eigenvalue weighted by molar-refractivity contribution is 6.17. The highest BCUT2D eigenvalue weighted by atomic mass is 35.5. The van der Waals surface area contributed by atoms with Gasteiger partial charge in [-0.1, -0.05) is 13.3 Å². The summed E-state index contributed by atoms with van der Waals surface area (Å²) < 4.78 is 0. The van der Waals surface area contributed by atoms with E-state index in [4.69, 9.17) is 11.6 Å². The van der Waals surface area contributed by atoms with Crippen molar-refractivity contribution in [1.29, 1.82) is 0 Å². The van der Waals surface area contributed by atoms with Gasteiger partial charge in [-0.2, -0.15) is 0 Å². The van der Waals surface area contributed by atoms with Crippen molar-refractivity contribution in [2.45, 2.75) is 26.7 Å². The summed E-state index contributed by atoms with van der Waals surface area (Å²) in [6.07, 6.45) is 3.62. The van der Waals surface area contributed by atoms with E-state index in [-0.39, 0.29) is 5.91 Å². The lowest BCUT2D eigenvalue weighted by Crippen LogP contribution is -2.29. The van der Waals surface area contributed by atoms with Gasteiger partial charge in [0.15, 0.2) is 0 Å². The average molecular weight is 255 g/mol. The Morgan fingerprint density at radius 1 is 1.59 bits per heavy atom. The number of nitrogens with zero attached hydrogens (tertiary/aromatic N) is 1. The molecule has 4 heteroatoms. The van der Waals surface area contributed by atoms with Gasteiger partial charge in [-0.05, 0) is 31.4 Å². The third-order valence-corrected chi connectivity index (χ3v) is 3.02. The Morgan fingerprint density at radius 3 is 2.94 bits per heavy atom. The van der Waals surface area contributed by atoms with E-state index in [0.29, 0.717) is 23.9 Å². The summed E-state index contributed by atoms with van der Waals surface area (Å²) in [5.74, 6) is 1.06. The maximum absolute atomic E-state index is 11.8. The second-order valence-corrected chi connectivity index (χ2v) is 4.53. The van der Waals surface area contributed by atoms with Gasteiger partial charge in [0.25, 0.3) is 5.91 Å². The number of nitrogens with one attached hydrogen (secondary N) is 1. The number of aryl methyl sites for hydroxylation is 1. The molecular weight excluding hydrogens is 236 g/mol. The highest BCUT2D eigenvalue weighted by Crippen LogP contribution is 2.08. The SMILES string of the molecule is CCC(CCCl)CNC(=O)c1ccnc(C)c1. The number of halogens is 1. The number of carbonyl (C=O) groups is 1. The molecule has 1 heterocycles. The first-order valence-electron chi connectivity index (χ1n) is 5.94. The number of alkyl halides is 1. The van der Waals surface area contributed by atoms with Gasteiger partial charge in [0.05, 0.1) is 0 Å². The first-order chi connectivity index (χ1) is 8.17. The molecule has 1 aromatic heterocycles. The summed E-state index contributed by atoms with van der Waals surface area (Å²) in [6, 6.07) is 3.52. The zero-order valence-electron chi connectivity index (χ0n) is 10.4. The molecule has 0 aliphatic carbocycles. The lowest BCUT2D eigenvalue weighted by molar-refractivity contribution is 0.0946. The Kier molecular flexibility index (Phi) is 5.98.